The van der Waals surface area contributed by atoms with Crippen LogP contribution < -0.4 is 15.2 Å². The van der Waals surface area contributed by atoms with E-state index < -0.39 is 0 Å². The van der Waals surface area contributed by atoms with Gasteiger partial charge < -0.3 is 20.4 Å². The third kappa shape index (κ3) is 3.25. The minimum Gasteiger partial charge on any atom is -0.493 e. The molecule has 0 atom stereocenters. The lowest BCUT2D eigenvalue weighted by molar-refractivity contribution is 0.318. The number of nitrogens with zero attached hydrogens (tertiary/aromatic N) is 1. The van der Waals surface area contributed by atoms with Crippen LogP contribution in [0.4, 0.5) is 0 Å². The third-order valence-corrected chi connectivity index (χ3v) is 3.06. The molecule has 0 saturated carbocycles. The van der Waals surface area contributed by atoms with Gasteiger partial charge in [-0.3, -0.25) is 0 Å². The van der Waals surface area contributed by atoms with Crippen molar-refractivity contribution in [3.8, 4) is 17.2 Å². The largest absolute Gasteiger partial charge is 0.493 e. The average Bonchev–Trinajstić information content (AvgIpc) is 2.49. The SMILES string of the molecule is COc1cc(C)ccc1Oc1ccc(C)cc1/C(N)=N/O. The quantitative estimate of drug-likeness (QED) is 0.391. The summed E-state index contributed by atoms with van der Waals surface area (Å²) in [7, 11) is 1.58. The molecule has 0 aliphatic heterocycles. The smallest absolute Gasteiger partial charge is 0.173 e. The summed E-state index contributed by atoms with van der Waals surface area (Å²) in [5.41, 5.74) is 8.28. The normalized spacial score (nSPS) is 11.3. The maximum atomic E-state index is 8.89. The van der Waals surface area contributed by atoms with Crippen LogP contribution in [0.3, 0.4) is 0 Å². The first-order valence-electron chi connectivity index (χ1n) is 6.46. The summed E-state index contributed by atoms with van der Waals surface area (Å²) in [6.07, 6.45) is 0. The molecular formula is C16H18N2O3. The number of hydrogen-bond donors (Lipinski definition) is 2. The minimum atomic E-state index is -0.000205. The maximum absolute atomic E-state index is 8.89. The molecule has 5 nitrogen and oxygen atoms in total. The van der Waals surface area contributed by atoms with E-state index in [1.165, 1.54) is 0 Å². The van der Waals surface area contributed by atoms with Crippen molar-refractivity contribution in [2.24, 2.45) is 10.9 Å². The third-order valence-electron chi connectivity index (χ3n) is 3.06. The van der Waals surface area contributed by atoms with E-state index in [9.17, 15) is 0 Å². The second kappa shape index (κ2) is 6.17. The van der Waals surface area contributed by atoms with E-state index in [1.54, 1.807) is 19.2 Å². The van der Waals surface area contributed by atoms with Crippen LogP contribution in [-0.4, -0.2) is 18.2 Å². The van der Waals surface area contributed by atoms with Gasteiger partial charge in [0.2, 0.25) is 0 Å². The number of amidine groups is 1. The Kier molecular flexibility index (Phi) is 4.33. The zero-order valence-corrected chi connectivity index (χ0v) is 12.3. The van der Waals surface area contributed by atoms with Gasteiger partial charge in [0.1, 0.15) is 5.75 Å². The van der Waals surface area contributed by atoms with Crippen LogP contribution in [0.5, 0.6) is 17.2 Å². The number of hydrogen-bond acceptors (Lipinski definition) is 4. The predicted molar refractivity (Wildman–Crippen MR) is 81.5 cm³/mol. The van der Waals surface area contributed by atoms with Crippen LogP contribution in [0.1, 0.15) is 16.7 Å². The van der Waals surface area contributed by atoms with Crippen molar-refractivity contribution < 1.29 is 14.7 Å². The van der Waals surface area contributed by atoms with Gasteiger partial charge >= 0.3 is 0 Å². The maximum Gasteiger partial charge on any atom is 0.173 e. The molecule has 0 radical (unpaired) electrons. The Morgan fingerprint density at radius 3 is 2.24 bits per heavy atom. The first-order chi connectivity index (χ1) is 10.0. The Balaban J connectivity index is 2.45. The summed E-state index contributed by atoms with van der Waals surface area (Å²) in [5.74, 6) is 1.69. The average molecular weight is 286 g/mol. The molecule has 0 fully saturated rings. The molecule has 2 aromatic rings. The highest BCUT2D eigenvalue weighted by molar-refractivity contribution is 5.99. The number of nitrogens with two attached hydrogens (primary N) is 1. The predicted octanol–water partition coefficient (Wildman–Crippen LogP) is 3.20. The first kappa shape index (κ1) is 14.7. The summed E-state index contributed by atoms with van der Waals surface area (Å²) in [6, 6.07) is 11.1. The highest BCUT2D eigenvalue weighted by Crippen LogP contribution is 2.34. The number of ether oxygens (including phenoxy) is 2. The van der Waals surface area contributed by atoms with Crippen molar-refractivity contribution in [2.45, 2.75) is 13.8 Å². The van der Waals surface area contributed by atoms with Crippen LogP contribution in [0.2, 0.25) is 0 Å². The van der Waals surface area contributed by atoms with E-state index in [1.807, 2.05) is 38.1 Å². The molecule has 0 amide bonds. The Labute approximate surface area is 123 Å². The number of rotatable bonds is 4. The highest BCUT2D eigenvalue weighted by Gasteiger charge is 2.12. The van der Waals surface area contributed by atoms with Crippen LogP contribution in [0, 0.1) is 13.8 Å². The van der Waals surface area contributed by atoms with E-state index in [-0.39, 0.29) is 5.84 Å². The molecule has 0 spiro atoms. The molecule has 0 aromatic heterocycles. The van der Waals surface area contributed by atoms with E-state index in [2.05, 4.69) is 5.16 Å². The number of aryl methyl sites for hydroxylation is 2. The fourth-order valence-electron chi connectivity index (χ4n) is 1.96. The second-order valence-electron chi connectivity index (χ2n) is 4.74. The van der Waals surface area contributed by atoms with E-state index in [0.29, 0.717) is 22.8 Å². The number of methoxy groups -OCH3 is 1. The fraction of sp³-hybridized carbons (Fsp3) is 0.188. The summed E-state index contributed by atoms with van der Waals surface area (Å²) in [5, 5.41) is 11.9. The van der Waals surface area contributed by atoms with Gasteiger partial charge in [0.05, 0.1) is 12.7 Å². The van der Waals surface area contributed by atoms with Gasteiger partial charge in [-0.05, 0) is 43.7 Å². The minimum absolute atomic E-state index is 0.000205. The molecule has 3 N–H and O–H groups in total. The van der Waals surface area contributed by atoms with Crippen molar-refractivity contribution in [3.63, 3.8) is 0 Å². The van der Waals surface area contributed by atoms with Crippen LogP contribution >= 0.6 is 0 Å². The molecule has 0 aliphatic carbocycles. The standard InChI is InChI=1S/C16H18N2O3/c1-10-4-6-13(12(8-10)16(17)18-19)21-14-7-5-11(2)9-15(14)20-3/h4-9,19H,1-3H3,(H2,17,18). The molecule has 2 rings (SSSR count). The van der Waals surface area contributed by atoms with Gasteiger partial charge in [-0.2, -0.15) is 0 Å². The Morgan fingerprint density at radius 2 is 1.62 bits per heavy atom. The lowest BCUT2D eigenvalue weighted by Crippen LogP contribution is -2.14. The van der Waals surface area contributed by atoms with Crippen LogP contribution in [0.25, 0.3) is 0 Å². The first-order valence-corrected chi connectivity index (χ1v) is 6.46. The molecular weight excluding hydrogens is 268 g/mol. The van der Waals surface area contributed by atoms with Crippen LogP contribution in [0.15, 0.2) is 41.6 Å². The van der Waals surface area contributed by atoms with Crippen molar-refractivity contribution in [1.82, 2.24) is 0 Å². The lowest BCUT2D eigenvalue weighted by Gasteiger charge is -2.14. The van der Waals surface area contributed by atoms with Crippen molar-refractivity contribution >= 4 is 5.84 Å². The number of oxime groups is 1. The van der Waals surface area contributed by atoms with Gasteiger partial charge in [0.15, 0.2) is 17.3 Å². The summed E-state index contributed by atoms with van der Waals surface area (Å²) < 4.78 is 11.2. The topological polar surface area (TPSA) is 77.1 Å². The monoisotopic (exact) mass is 286 g/mol. The number of benzene rings is 2. The summed E-state index contributed by atoms with van der Waals surface area (Å²) >= 11 is 0. The van der Waals surface area contributed by atoms with Gasteiger partial charge in [0.25, 0.3) is 0 Å². The summed E-state index contributed by atoms with van der Waals surface area (Å²) in [4.78, 5) is 0. The molecule has 2 aromatic carbocycles. The van der Waals surface area contributed by atoms with Gasteiger partial charge in [-0.15, -0.1) is 0 Å². The summed E-state index contributed by atoms with van der Waals surface area (Å²) in [6.45, 7) is 3.89. The highest BCUT2D eigenvalue weighted by atomic mass is 16.5. The van der Waals surface area contributed by atoms with Gasteiger partial charge in [0, 0.05) is 0 Å². The van der Waals surface area contributed by atoms with Crippen molar-refractivity contribution in [2.75, 3.05) is 7.11 Å². The van der Waals surface area contributed by atoms with Gasteiger partial charge in [-0.25, -0.2) is 0 Å². The van der Waals surface area contributed by atoms with E-state index >= 15 is 0 Å². The molecule has 21 heavy (non-hydrogen) atoms. The van der Waals surface area contributed by atoms with E-state index in [0.717, 1.165) is 11.1 Å². The molecule has 0 unspecified atom stereocenters. The fourth-order valence-corrected chi connectivity index (χ4v) is 1.96. The molecule has 5 heteroatoms. The lowest BCUT2D eigenvalue weighted by atomic mass is 10.1. The molecule has 110 valence electrons. The van der Waals surface area contributed by atoms with Gasteiger partial charge in [-0.1, -0.05) is 22.9 Å². The van der Waals surface area contributed by atoms with Crippen molar-refractivity contribution in [1.29, 1.82) is 0 Å². The molecule has 0 aliphatic rings. The van der Waals surface area contributed by atoms with E-state index in [4.69, 9.17) is 20.4 Å². The molecule has 0 saturated heterocycles. The Bertz CT molecular complexity index is 681. The molecule has 0 heterocycles. The zero-order chi connectivity index (χ0) is 15.4. The Hall–Kier alpha value is -2.69. The van der Waals surface area contributed by atoms with Crippen LogP contribution in [-0.2, 0) is 0 Å². The Morgan fingerprint density at radius 1 is 1.00 bits per heavy atom. The second-order valence-corrected chi connectivity index (χ2v) is 4.74. The van der Waals surface area contributed by atoms with Crippen molar-refractivity contribution in [3.05, 3.63) is 53.1 Å². The molecule has 0 bridgehead atoms. The zero-order valence-electron chi connectivity index (χ0n) is 12.3.